The van der Waals surface area contributed by atoms with Crippen LogP contribution in [0.5, 0.6) is 11.5 Å². The lowest BCUT2D eigenvalue weighted by Crippen LogP contribution is -2.34. The molecule has 6 nitrogen and oxygen atoms in total. The second-order valence-corrected chi connectivity index (χ2v) is 8.90. The van der Waals surface area contributed by atoms with Crippen LogP contribution in [0.3, 0.4) is 0 Å². The van der Waals surface area contributed by atoms with Crippen molar-refractivity contribution < 1.29 is 14.6 Å². The zero-order valence-electron chi connectivity index (χ0n) is 18.3. The van der Waals surface area contributed by atoms with E-state index >= 15 is 0 Å². The van der Waals surface area contributed by atoms with E-state index in [0.29, 0.717) is 6.10 Å². The van der Waals surface area contributed by atoms with Crippen molar-refractivity contribution in [2.24, 2.45) is 0 Å². The molecule has 6 heteroatoms. The maximum atomic E-state index is 10.2. The van der Waals surface area contributed by atoms with Crippen LogP contribution in [0, 0.1) is 0 Å². The van der Waals surface area contributed by atoms with Gasteiger partial charge < -0.3 is 20.3 Å². The molecule has 0 atom stereocenters. The number of benzene rings is 2. The lowest BCUT2D eigenvalue weighted by atomic mass is 9.64. The molecule has 1 heterocycles. The van der Waals surface area contributed by atoms with Crippen LogP contribution in [0.2, 0.25) is 0 Å². The summed E-state index contributed by atoms with van der Waals surface area (Å²) in [6.07, 6.45) is 9.06. The number of ether oxygens (including phenoxy) is 2. The fraction of sp³-hybridized carbons (Fsp3) is 0.385. The van der Waals surface area contributed by atoms with Crippen LogP contribution in [0.1, 0.15) is 49.7 Å². The van der Waals surface area contributed by atoms with Gasteiger partial charge in [-0.3, -0.25) is 0 Å². The number of aliphatic hydroxyl groups excluding tert-OH is 1. The first-order valence-electron chi connectivity index (χ1n) is 11.3. The van der Waals surface area contributed by atoms with Gasteiger partial charge in [-0.2, -0.15) is 0 Å². The number of aromatic nitrogens is 2. The normalized spacial score (nSPS) is 23.0. The lowest BCUT2D eigenvalue weighted by Gasteiger charge is -2.40. The summed E-state index contributed by atoms with van der Waals surface area (Å²) in [5.74, 6) is 1.85. The highest BCUT2D eigenvalue weighted by atomic mass is 16.5. The largest absolute Gasteiger partial charge is 0.493 e. The highest BCUT2D eigenvalue weighted by Gasteiger charge is 2.39. The third-order valence-corrected chi connectivity index (χ3v) is 6.79. The predicted octanol–water partition coefficient (Wildman–Crippen LogP) is 4.50. The number of aliphatic hydroxyl groups is 1. The summed E-state index contributed by atoms with van der Waals surface area (Å²) < 4.78 is 11.7. The van der Waals surface area contributed by atoms with Gasteiger partial charge in [-0.1, -0.05) is 30.3 Å². The number of methoxy groups -OCH3 is 1. The minimum Gasteiger partial charge on any atom is -0.493 e. The van der Waals surface area contributed by atoms with Gasteiger partial charge in [0.1, 0.15) is 0 Å². The first-order chi connectivity index (χ1) is 15.6. The van der Waals surface area contributed by atoms with Gasteiger partial charge in [0.15, 0.2) is 11.5 Å². The number of anilines is 1. The zero-order valence-corrected chi connectivity index (χ0v) is 18.3. The minimum absolute atomic E-state index is 0.177. The smallest absolute Gasteiger partial charge is 0.219 e. The fourth-order valence-electron chi connectivity index (χ4n) is 4.74. The third kappa shape index (κ3) is 4.02. The Morgan fingerprint density at radius 1 is 0.875 bits per heavy atom. The van der Waals surface area contributed by atoms with Crippen molar-refractivity contribution in [3.63, 3.8) is 0 Å². The van der Waals surface area contributed by atoms with E-state index in [1.807, 2.05) is 6.07 Å². The number of nitrogen functional groups attached to an aromatic ring is 1. The van der Waals surface area contributed by atoms with Gasteiger partial charge in [0, 0.05) is 23.4 Å². The molecule has 3 N–H and O–H groups in total. The number of hydrogen-bond donors (Lipinski definition) is 2. The Morgan fingerprint density at radius 2 is 1.53 bits per heavy atom. The molecule has 0 saturated heterocycles. The van der Waals surface area contributed by atoms with Gasteiger partial charge >= 0.3 is 0 Å². The Balaban J connectivity index is 1.53. The molecule has 0 spiro atoms. The highest BCUT2D eigenvalue weighted by Crippen LogP contribution is 2.47. The van der Waals surface area contributed by atoms with E-state index in [0.717, 1.165) is 61.2 Å². The van der Waals surface area contributed by atoms with Crippen molar-refractivity contribution in [1.29, 1.82) is 0 Å². The Bertz CT molecular complexity index is 1070. The Morgan fingerprint density at radius 3 is 2.16 bits per heavy atom. The number of hydrogen-bond acceptors (Lipinski definition) is 6. The summed E-state index contributed by atoms with van der Waals surface area (Å²) >= 11 is 0. The van der Waals surface area contributed by atoms with Crippen molar-refractivity contribution in [3.05, 3.63) is 66.0 Å². The highest BCUT2D eigenvalue weighted by molar-refractivity contribution is 5.63. The molecule has 2 fully saturated rings. The fourth-order valence-corrected chi connectivity index (χ4v) is 4.74. The SMILES string of the molecule is COc1ccc(C2(c3ccc(-c4cnc(N)nc4)cc3)CCC(O)CC2)cc1OC1CC1. The van der Waals surface area contributed by atoms with Gasteiger partial charge in [0.25, 0.3) is 0 Å². The van der Waals surface area contributed by atoms with Crippen LogP contribution < -0.4 is 15.2 Å². The van der Waals surface area contributed by atoms with Crippen molar-refractivity contribution in [2.75, 3.05) is 12.8 Å². The number of rotatable bonds is 6. The summed E-state index contributed by atoms with van der Waals surface area (Å²) in [4.78, 5) is 8.21. The van der Waals surface area contributed by atoms with Gasteiger partial charge in [-0.05, 0) is 67.3 Å². The molecule has 2 aliphatic rings. The van der Waals surface area contributed by atoms with Gasteiger partial charge in [-0.15, -0.1) is 0 Å². The summed E-state index contributed by atoms with van der Waals surface area (Å²) in [6.45, 7) is 0. The molecular formula is C26H29N3O3. The van der Waals surface area contributed by atoms with Crippen LogP contribution >= 0.6 is 0 Å². The van der Waals surface area contributed by atoms with Gasteiger partial charge in [0.2, 0.25) is 5.95 Å². The molecule has 1 aromatic heterocycles. The standard InChI is InChI=1S/C26H29N3O3/c1-31-23-9-6-20(14-24(23)32-22-7-8-22)26(12-10-21(30)11-13-26)19-4-2-17(3-5-19)18-15-28-25(27)29-16-18/h2-6,9,14-16,21-22,30H,7-8,10-13H2,1H3,(H2,27,28,29). The van der Waals surface area contributed by atoms with Crippen LogP contribution in [0.15, 0.2) is 54.9 Å². The minimum atomic E-state index is -0.241. The van der Waals surface area contributed by atoms with Crippen LogP contribution in [0.4, 0.5) is 5.95 Å². The topological polar surface area (TPSA) is 90.5 Å². The molecule has 0 amide bonds. The van der Waals surface area contributed by atoms with Crippen molar-refractivity contribution in [1.82, 2.24) is 9.97 Å². The molecule has 0 unspecified atom stereocenters. The average molecular weight is 432 g/mol. The lowest BCUT2D eigenvalue weighted by molar-refractivity contribution is 0.106. The molecule has 2 aliphatic carbocycles. The van der Waals surface area contributed by atoms with Gasteiger partial charge in [0.05, 0.1) is 19.3 Å². The van der Waals surface area contributed by atoms with E-state index in [-0.39, 0.29) is 17.5 Å². The average Bonchev–Trinajstić information content (AvgIpc) is 3.65. The molecule has 2 saturated carbocycles. The monoisotopic (exact) mass is 431 g/mol. The second-order valence-electron chi connectivity index (χ2n) is 8.90. The van der Waals surface area contributed by atoms with Crippen LogP contribution in [-0.4, -0.2) is 34.4 Å². The molecular weight excluding hydrogens is 402 g/mol. The third-order valence-electron chi connectivity index (χ3n) is 6.79. The summed E-state index contributed by atoms with van der Waals surface area (Å²) in [6, 6.07) is 14.9. The van der Waals surface area contributed by atoms with E-state index in [4.69, 9.17) is 15.2 Å². The molecule has 0 radical (unpaired) electrons. The van der Waals surface area contributed by atoms with Crippen LogP contribution in [-0.2, 0) is 5.41 Å². The van der Waals surface area contributed by atoms with Crippen molar-refractivity contribution in [2.45, 2.75) is 56.1 Å². The van der Waals surface area contributed by atoms with Crippen LogP contribution in [0.25, 0.3) is 11.1 Å². The molecule has 0 aliphatic heterocycles. The second kappa shape index (κ2) is 8.43. The Labute approximate surface area is 188 Å². The van der Waals surface area contributed by atoms with E-state index in [9.17, 15) is 5.11 Å². The maximum Gasteiger partial charge on any atom is 0.219 e. The van der Waals surface area contributed by atoms with Gasteiger partial charge in [-0.25, -0.2) is 9.97 Å². The Kier molecular flexibility index (Phi) is 5.47. The summed E-state index contributed by atoms with van der Waals surface area (Å²) in [5, 5.41) is 10.2. The molecule has 166 valence electrons. The predicted molar refractivity (Wildman–Crippen MR) is 124 cm³/mol. The van der Waals surface area contributed by atoms with Crippen molar-refractivity contribution >= 4 is 5.95 Å². The van der Waals surface area contributed by atoms with E-state index in [1.54, 1.807) is 19.5 Å². The first-order valence-corrected chi connectivity index (χ1v) is 11.3. The first kappa shape index (κ1) is 20.8. The molecule has 32 heavy (non-hydrogen) atoms. The van der Waals surface area contributed by atoms with E-state index in [2.05, 4.69) is 46.4 Å². The molecule has 5 rings (SSSR count). The number of nitrogens with two attached hydrogens (primary N) is 1. The molecule has 2 aromatic carbocycles. The van der Waals surface area contributed by atoms with E-state index in [1.165, 1.54) is 11.1 Å². The quantitative estimate of drug-likeness (QED) is 0.597. The zero-order chi connectivity index (χ0) is 22.1. The molecule has 3 aromatic rings. The maximum absolute atomic E-state index is 10.2. The van der Waals surface area contributed by atoms with Crippen molar-refractivity contribution in [3.8, 4) is 22.6 Å². The summed E-state index contributed by atoms with van der Waals surface area (Å²) in [7, 11) is 1.68. The van der Waals surface area contributed by atoms with E-state index < -0.39 is 0 Å². The Hall–Kier alpha value is -3.12. The summed E-state index contributed by atoms with van der Waals surface area (Å²) in [5.41, 5.74) is 9.88. The number of nitrogens with zero attached hydrogens (tertiary/aromatic N) is 2. The molecule has 0 bridgehead atoms.